The monoisotopic (exact) mass is 412 g/mol. The van der Waals surface area contributed by atoms with Crippen LogP contribution in [0.1, 0.15) is 37.0 Å². The van der Waals surface area contributed by atoms with Crippen LogP contribution < -0.4 is 15.4 Å². The van der Waals surface area contributed by atoms with Gasteiger partial charge < -0.3 is 14.8 Å². The number of urea groups is 1. The van der Waals surface area contributed by atoms with Gasteiger partial charge in [0.1, 0.15) is 5.75 Å². The highest BCUT2D eigenvalue weighted by molar-refractivity contribution is 5.97. The third-order valence-electron chi connectivity index (χ3n) is 3.97. The van der Waals surface area contributed by atoms with E-state index in [1.807, 2.05) is 6.92 Å². The summed E-state index contributed by atoms with van der Waals surface area (Å²) in [5, 5.41) is 4.63. The summed E-state index contributed by atoms with van der Waals surface area (Å²) in [6.45, 7) is 3.23. The topological polar surface area (TPSA) is 111 Å². The smallest absolute Gasteiger partial charge is 0.338 e. The summed E-state index contributed by atoms with van der Waals surface area (Å²) in [6.07, 6.45) is 1.73. The number of hydrogen-bond acceptors (Lipinski definition) is 6. The molecule has 30 heavy (non-hydrogen) atoms. The zero-order chi connectivity index (χ0) is 21.9. The van der Waals surface area contributed by atoms with E-state index in [1.54, 1.807) is 48.5 Å². The maximum absolute atomic E-state index is 12.1. The summed E-state index contributed by atoms with van der Waals surface area (Å²) in [5.74, 6) is -1.32. The maximum atomic E-state index is 12.1. The van der Waals surface area contributed by atoms with Gasteiger partial charge in [-0.3, -0.25) is 14.9 Å². The number of amides is 3. The van der Waals surface area contributed by atoms with Crippen molar-refractivity contribution in [2.45, 2.75) is 26.7 Å². The van der Waals surface area contributed by atoms with E-state index in [0.717, 1.165) is 24.0 Å². The molecule has 2 aromatic carbocycles. The Labute approximate surface area is 174 Å². The molecular formula is C22H24N2O6. The fourth-order valence-corrected chi connectivity index (χ4v) is 2.48. The molecule has 2 N–H and O–H groups in total. The van der Waals surface area contributed by atoms with Crippen molar-refractivity contribution in [2.75, 3.05) is 13.2 Å². The quantitative estimate of drug-likeness (QED) is 0.392. The molecule has 0 aliphatic rings. The van der Waals surface area contributed by atoms with Gasteiger partial charge in [0.05, 0.1) is 5.56 Å². The van der Waals surface area contributed by atoms with Crippen LogP contribution in [-0.2, 0) is 14.3 Å². The van der Waals surface area contributed by atoms with Gasteiger partial charge in [0.25, 0.3) is 5.91 Å². The Hall–Kier alpha value is -3.68. The first kappa shape index (κ1) is 22.6. The van der Waals surface area contributed by atoms with Crippen LogP contribution in [0, 0.1) is 0 Å². The summed E-state index contributed by atoms with van der Waals surface area (Å²) in [7, 11) is 0. The van der Waals surface area contributed by atoms with E-state index < -0.39 is 30.5 Å². The van der Waals surface area contributed by atoms with Crippen LogP contribution in [0.3, 0.4) is 0 Å². The van der Waals surface area contributed by atoms with Gasteiger partial charge in [-0.05, 0) is 41.8 Å². The van der Waals surface area contributed by atoms with Gasteiger partial charge in [-0.25, -0.2) is 9.59 Å². The summed E-state index contributed by atoms with van der Waals surface area (Å²) in [5.41, 5.74) is 2.00. The van der Waals surface area contributed by atoms with Crippen LogP contribution in [0.2, 0.25) is 0 Å². The van der Waals surface area contributed by atoms with Crippen LogP contribution in [-0.4, -0.2) is 37.0 Å². The highest BCUT2D eigenvalue weighted by Crippen LogP contribution is 2.23. The normalized spacial score (nSPS) is 10.1. The zero-order valence-corrected chi connectivity index (χ0v) is 16.9. The molecule has 0 atom stereocenters. The molecule has 0 saturated carbocycles. The van der Waals surface area contributed by atoms with E-state index in [-0.39, 0.29) is 5.56 Å². The number of ether oxygens (including phenoxy) is 2. The van der Waals surface area contributed by atoms with Crippen molar-refractivity contribution < 1.29 is 28.7 Å². The predicted molar refractivity (Wildman–Crippen MR) is 110 cm³/mol. The molecule has 0 spiro atoms. The van der Waals surface area contributed by atoms with Crippen molar-refractivity contribution in [3.63, 3.8) is 0 Å². The molecule has 0 radical (unpaired) electrons. The van der Waals surface area contributed by atoms with Gasteiger partial charge >= 0.3 is 18.0 Å². The molecule has 0 bridgehead atoms. The zero-order valence-electron chi connectivity index (χ0n) is 16.9. The number of unbranched alkanes of at least 4 members (excludes halogenated alkanes) is 1. The lowest BCUT2D eigenvalue weighted by molar-refractivity contribution is -0.131. The molecule has 2 aromatic rings. The Bertz CT molecular complexity index is 891. The molecule has 3 amide bonds. The molecule has 8 heteroatoms. The van der Waals surface area contributed by atoms with Crippen molar-refractivity contribution in [1.29, 1.82) is 0 Å². The Balaban J connectivity index is 1.85. The van der Waals surface area contributed by atoms with E-state index in [1.165, 1.54) is 6.92 Å². The number of imide groups is 1. The van der Waals surface area contributed by atoms with Crippen molar-refractivity contribution in [2.24, 2.45) is 0 Å². The molecular weight excluding hydrogens is 388 g/mol. The van der Waals surface area contributed by atoms with Crippen LogP contribution in [0.15, 0.2) is 48.5 Å². The summed E-state index contributed by atoms with van der Waals surface area (Å²) in [4.78, 5) is 46.2. The Morgan fingerprint density at radius 3 is 2.07 bits per heavy atom. The first-order valence-corrected chi connectivity index (χ1v) is 9.52. The van der Waals surface area contributed by atoms with Gasteiger partial charge in [-0.2, -0.15) is 0 Å². The summed E-state index contributed by atoms with van der Waals surface area (Å²) in [6, 6.07) is 12.9. The van der Waals surface area contributed by atoms with E-state index in [2.05, 4.69) is 10.6 Å². The number of nitrogens with one attached hydrogen (secondary N) is 2. The van der Waals surface area contributed by atoms with Crippen LogP contribution >= 0.6 is 0 Å². The molecule has 8 nitrogen and oxygen atoms in total. The average Bonchev–Trinajstić information content (AvgIpc) is 2.72. The fourth-order valence-electron chi connectivity index (χ4n) is 2.48. The Morgan fingerprint density at radius 1 is 0.900 bits per heavy atom. The van der Waals surface area contributed by atoms with Crippen molar-refractivity contribution >= 4 is 23.9 Å². The third kappa shape index (κ3) is 7.38. The number of hydrogen-bond donors (Lipinski definition) is 2. The lowest BCUT2D eigenvalue weighted by atomic mass is 10.0. The Kier molecular flexibility index (Phi) is 8.56. The van der Waals surface area contributed by atoms with Crippen LogP contribution in [0.4, 0.5) is 4.79 Å². The van der Waals surface area contributed by atoms with Gasteiger partial charge in [0.15, 0.2) is 6.61 Å². The Morgan fingerprint density at radius 2 is 1.50 bits per heavy atom. The van der Waals surface area contributed by atoms with E-state index >= 15 is 0 Å². The van der Waals surface area contributed by atoms with Crippen molar-refractivity contribution in [3.8, 4) is 16.9 Å². The van der Waals surface area contributed by atoms with Crippen molar-refractivity contribution in [3.05, 3.63) is 54.1 Å². The van der Waals surface area contributed by atoms with Crippen LogP contribution in [0.5, 0.6) is 5.75 Å². The molecule has 0 aliphatic heterocycles. The lowest BCUT2D eigenvalue weighted by Crippen LogP contribution is -2.41. The second-order valence-electron chi connectivity index (χ2n) is 6.43. The second-order valence-corrected chi connectivity index (χ2v) is 6.43. The summed E-state index contributed by atoms with van der Waals surface area (Å²) >= 11 is 0. The van der Waals surface area contributed by atoms with Gasteiger partial charge in [0.2, 0.25) is 0 Å². The number of carbonyl (C=O) groups is 4. The maximum Gasteiger partial charge on any atom is 0.338 e. The minimum absolute atomic E-state index is 0.274. The predicted octanol–water partition coefficient (Wildman–Crippen LogP) is 3.06. The van der Waals surface area contributed by atoms with Crippen molar-refractivity contribution in [1.82, 2.24) is 10.6 Å². The average molecular weight is 412 g/mol. The molecule has 0 aliphatic carbocycles. The van der Waals surface area contributed by atoms with Gasteiger partial charge in [0, 0.05) is 13.5 Å². The number of carbonyl (C=O) groups excluding carboxylic acids is 4. The third-order valence-corrected chi connectivity index (χ3v) is 3.97. The lowest BCUT2D eigenvalue weighted by Gasteiger charge is -2.08. The molecule has 158 valence electrons. The number of esters is 2. The first-order chi connectivity index (χ1) is 14.4. The first-order valence-electron chi connectivity index (χ1n) is 9.52. The fraction of sp³-hybridized carbons (Fsp3) is 0.273. The molecule has 0 fully saturated rings. The van der Waals surface area contributed by atoms with E-state index in [0.29, 0.717) is 12.3 Å². The molecule has 0 saturated heterocycles. The minimum Gasteiger partial charge on any atom is -0.452 e. The van der Waals surface area contributed by atoms with Crippen LogP contribution in [0.25, 0.3) is 11.1 Å². The van der Waals surface area contributed by atoms with Gasteiger partial charge in [-0.1, -0.05) is 37.6 Å². The number of benzene rings is 2. The van der Waals surface area contributed by atoms with E-state index in [9.17, 15) is 19.2 Å². The molecule has 0 heterocycles. The highest BCUT2D eigenvalue weighted by Gasteiger charge is 2.12. The highest BCUT2D eigenvalue weighted by atomic mass is 16.5. The SMILES string of the molecule is CCCCNC(=O)NC(=O)COC(=O)c1ccc(-c2ccc(OC(C)=O)cc2)cc1. The molecule has 0 aromatic heterocycles. The standard InChI is InChI=1S/C22H24N2O6/c1-3-4-13-23-22(28)24-20(26)14-29-21(27)18-7-5-16(6-8-18)17-9-11-19(12-10-17)30-15(2)25/h5-12H,3-4,13-14H2,1-2H3,(H2,23,24,26,28). The largest absolute Gasteiger partial charge is 0.452 e. The minimum atomic E-state index is -0.707. The molecule has 2 rings (SSSR count). The summed E-state index contributed by atoms with van der Waals surface area (Å²) < 4.78 is 9.93. The molecule has 0 unspecified atom stereocenters. The number of rotatable bonds is 8. The second kappa shape index (κ2) is 11.4. The van der Waals surface area contributed by atoms with Gasteiger partial charge in [-0.15, -0.1) is 0 Å². The van der Waals surface area contributed by atoms with E-state index in [4.69, 9.17) is 9.47 Å².